The number of aromatic nitrogens is 1. The van der Waals surface area contributed by atoms with E-state index in [-0.39, 0.29) is 21.5 Å². The molecule has 2 rings (SSSR count). The first-order chi connectivity index (χ1) is 12.7. The molecule has 27 heavy (non-hydrogen) atoms. The first-order valence-corrected chi connectivity index (χ1v) is 8.98. The van der Waals surface area contributed by atoms with Crippen molar-refractivity contribution in [1.82, 2.24) is 10.3 Å². The second-order valence-corrected chi connectivity index (χ2v) is 7.09. The lowest BCUT2D eigenvalue weighted by Crippen LogP contribution is -2.47. The summed E-state index contributed by atoms with van der Waals surface area (Å²) in [5.74, 6) is -2.68. The van der Waals surface area contributed by atoms with Crippen LogP contribution in [-0.2, 0) is 9.53 Å². The van der Waals surface area contributed by atoms with Gasteiger partial charge in [0.1, 0.15) is 16.7 Å². The van der Waals surface area contributed by atoms with Crippen LogP contribution < -0.4 is 10.6 Å². The smallest absolute Gasteiger partial charge is 0.350 e. The number of thiazole rings is 1. The first kappa shape index (κ1) is 20.5. The molecule has 144 valence electrons. The third-order valence-electron chi connectivity index (χ3n) is 3.75. The summed E-state index contributed by atoms with van der Waals surface area (Å²) in [5.41, 5.74) is 0.285. The summed E-state index contributed by atoms with van der Waals surface area (Å²) >= 11 is 0.977. The summed E-state index contributed by atoms with van der Waals surface area (Å²) in [4.78, 5) is 41.0. The lowest BCUT2D eigenvalue weighted by Gasteiger charge is -2.21. The maximum atomic E-state index is 13.8. The van der Waals surface area contributed by atoms with E-state index in [1.165, 1.54) is 31.4 Å². The molecule has 0 aliphatic heterocycles. The van der Waals surface area contributed by atoms with Crippen molar-refractivity contribution in [1.29, 1.82) is 0 Å². The summed E-state index contributed by atoms with van der Waals surface area (Å²) in [5, 5.41) is 5.34. The number of esters is 1. The van der Waals surface area contributed by atoms with E-state index in [0.717, 1.165) is 11.3 Å². The van der Waals surface area contributed by atoms with Crippen LogP contribution in [0.5, 0.6) is 0 Å². The van der Waals surface area contributed by atoms with Crippen molar-refractivity contribution in [3.63, 3.8) is 0 Å². The number of rotatable bonds is 6. The number of aryl methyl sites for hydroxylation is 1. The van der Waals surface area contributed by atoms with Crippen LogP contribution in [0.4, 0.5) is 9.52 Å². The Balaban J connectivity index is 2.15. The number of amides is 2. The lowest BCUT2D eigenvalue weighted by atomic mass is 10.0. The van der Waals surface area contributed by atoms with Gasteiger partial charge in [-0.15, -0.1) is 0 Å². The van der Waals surface area contributed by atoms with Gasteiger partial charge in [0.2, 0.25) is 5.91 Å². The van der Waals surface area contributed by atoms with Crippen LogP contribution in [0.15, 0.2) is 24.3 Å². The highest BCUT2D eigenvalue weighted by molar-refractivity contribution is 7.17. The van der Waals surface area contributed by atoms with Gasteiger partial charge in [0.05, 0.1) is 18.4 Å². The van der Waals surface area contributed by atoms with Gasteiger partial charge in [-0.05, 0) is 25.0 Å². The van der Waals surface area contributed by atoms with Gasteiger partial charge in [-0.2, -0.15) is 0 Å². The van der Waals surface area contributed by atoms with Crippen molar-refractivity contribution < 1.29 is 23.5 Å². The van der Waals surface area contributed by atoms with E-state index in [0.29, 0.717) is 5.69 Å². The number of carbonyl (C=O) groups is 3. The van der Waals surface area contributed by atoms with Gasteiger partial charge < -0.3 is 15.4 Å². The lowest BCUT2D eigenvalue weighted by molar-refractivity contribution is -0.118. The molecule has 1 heterocycles. The van der Waals surface area contributed by atoms with E-state index < -0.39 is 29.6 Å². The molecule has 1 atom stereocenters. The Morgan fingerprint density at radius 2 is 1.89 bits per heavy atom. The Kier molecular flexibility index (Phi) is 6.62. The number of nitrogens with one attached hydrogen (secondary N) is 2. The second kappa shape index (κ2) is 8.72. The van der Waals surface area contributed by atoms with Gasteiger partial charge in [0, 0.05) is 0 Å². The summed E-state index contributed by atoms with van der Waals surface area (Å²) in [6.45, 7) is 5.12. The van der Waals surface area contributed by atoms with Crippen LogP contribution in [-0.4, -0.2) is 35.9 Å². The van der Waals surface area contributed by atoms with Gasteiger partial charge in [0.25, 0.3) is 5.91 Å². The molecule has 0 saturated heterocycles. The minimum atomic E-state index is -0.914. The van der Waals surface area contributed by atoms with E-state index in [4.69, 9.17) is 0 Å². The predicted molar refractivity (Wildman–Crippen MR) is 99.3 cm³/mol. The van der Waals surface area contributed by atoms with E-state index in [1.807, 2.05) is 0 Å². The number of ether oxygens (including phenoxy) is 1. The third-order valence-corrected chi connectivity index (χ3v) is 4.80. The number of benzene rings is 1. The molecule has 0 fully saturated rings. The molecule has 1 aromatic heterocycles. The second-order valence-electron chi connectivity index (χ2n) is 6.09. The van der Waals surface area contributed by atoms with E-state index >= 15 is 0 Å². The molecular formula is C18H20FN3O4S. The highest BCUT2D eigenvalue weighted by Crippen LogP contribution is 2.23. The molecule has 0 bridgehead atoms. The fourth-order valence-corrected chi connectivity index (χ4v) is 3.20. The zero-order chi connectivity index (χ0) is 20.1. The Morgan fingerprint density at radius 3 is 2.48 bits per heavy atom. The number of carbonyl (C=O) groups excluding carboxylic acids is 3. The molecule has 2 amide bonds. The zero-order valence-electron chi connectivity index (χ0n) is 15.3. The number of anilines is 1. The Labute approximate surface area is 159 Å². The molecule has 0 unspecified atom stereocenters. The summed E-state index contributed by atoms with van der Waals surface area (Å²) in [7, 11) is 1.26. The third kappa shape index (κ3) is 4.88. The molecule has 1 aromatic carbocycles. The molecule has 0 aliphatic rings. The Morgan fingerprint density at radius 1 is 1.22 bits per heavy atom. The number of nitrogens with zero attached hydrogens (tertiary/aromatic N) is 1. The number of hydrogen-bond donors (Lipinski definition) is 2. The summed E-state index contributed by atoms with van der Waals surface area (Å²) in [6, 6.07) is 4.61. The number of methoxy groups -OCH3 is 1. The van der Waals surface area contributed by atoms with Gasteiger partial charge in [-0.3, -0.25) is 9.59 Å². The Hall–Kier alpha value is -2.81. The van der Waals surface area contributed by atoms with Crippen molar-refractivity contribution in [2.75, 3.05) is 12.4 Å². The monoisotopic (exact) mass is 393 g/mol. The quantitative estimate of drug-likeness (QED) is 0.736. The van der Waals surface area contributed by atoms with Crippen molar-refractivity contribution in [2.24, 2.45) is 5.92 Å². The average molecular weight is 393 g/mol. The number of halogens is 1. The first-order valence-electron chi connectivity index (χ1n) is 8.16. The Bertz CT molecular complexity index is 866. The normalized spacial score (nSPS) is 11.8. The van der Waals surface area contributed by atoms with Gasteiger partial charge in [-0.25, -0.2) is 14.2 Å². The van der Waals surface area contributed by atoms with Crippen LogP contribution >= 0.6 is 11.3 Å². The maximum Gasteiger partial charge on any atom is 0.350 e. The average Bonchev–Trinajstić information content (AvgIpc) is 2.98. The molecule has 0 spiro atoms. The fraction of sp³-hybridized carbons (Fsp3) is 0.333. The van der Waals surface area contributed by atoms with Crippen LogP contribution in [0, 0.1) is 18.7 Å². The van der Waals surface area contributed by atoms with Crippen molar-refractivity contribution >= 4 is 34.3 Å². The summed E-state index contributed by atoms with van der Waals surface area (Å²) < 4.78 is 18.4. The van der Waals surface area contributed by atoms with E-state index in [2.05, 4.69) is 20.4 Å². The van der Waals surface area contributed by atoms with Crippen LogP contribution in [0.2, 0.25) is 0 Å². The maximum absolute atomic E-state index is 13.8. The molecule has 2 N–H and O–H groups in total. The molecule has 9 heteroatoms. The van der Waals surface area contributed by atoms with Crippen LogP contribution in [0.1, 0.15) is 39.6 Å². The largest absolute Gasteiger partial charge is 0.465 e. The molecule has 7 nitrogen and oxygen atoms in total. The highest BCUT2D eigenvalue weighted by Gasteiger charge is 2.27. The standard InChI is InChI=1S/C18H20FN3O4S/c1-9(2)13(21-15(23)11-7-5-6-8-12(11)19)16(24)22-18-20-10(3)14(27-18)17(25)26-4/h5-9,13H,1-4H3,(H,21,23)(H,20,22,24)/t13-/m0/s1. The fourth-order valence-electron chi connectivity index (χ4n) is 2.31. The van der Waals surface area contributed by atoms with Crippen LogP contribution in [0.25, 0.3) is 0 Å². The van der Waals surface area contributed by atoms with Crippen LogP contribution in [0.3, 0.4) is 0 Å². The molecule has 0 radical (unpaired) electrons. The molecular weight excluding hydrogens is 373 g/mol. The highest BCUT2D eigenvalue weighted by atomic mass is 32.1. The molecule has 0 saturated carbocycles. The van der Waals surface area contributed by atoms with Crippen molar-refractivity contribution in [3.05, 3.63) is 46.2 Å². The van der Waals surface area contributed by atoms with Gasteiger partial charge in [-0.1, -0.05) is 37.3 Å². The number of hydrogen-bond acceptors (Lipinski definition) is 6. The topological polar surface area (TPSA) is 97.4 Å². The van der Waals surface area contributed by atoms with Gasteiger partial charge in [0.15, 0.2) is 5.13 Å². The SMILES string of the molecule is COC(=O)c1sc(NC(=O)[C@@H](NC(=O)c2ccccc2F)C(C)C)nc1C. The molecule has 0 aliphatic carbocycles. The van der Waals surface area contributed by atoms with Gasteiger partial charge >= 0.3 is 5.97 Å². The van der Waals surface area contributed by atoms with E-state index in [9.17, 15) is 18.8 Å². The predicted octanol–water partition coefficient (Wildman–Crippen LogP) is 2.77. The minimum absolute atomic E-state index is 0.144. The van der Waals surface area contributed by atoms with Crippen molar-refractivity contribution in [3.8, 4) is 0 Å². The zero-order valence-corrected chi connectivity index (χ0v) is 16.1. The summed E-state index contributed by atoms with van der Waals surface area (Å²) in [6.07, 6.45) is 0. The minimum Gasteiger partial charge on any atom is -0.465 e. The van der Waals surface area contributed by atoms with E-state index in [1.54, 1.807) is 20.8 Å². The van der Waals surface area contributed by atoms with Crippen molar-refractivity contribution in [2.45, 2.75) is 26.8 Å². The molecule has 2 aromatic rings.